The molecule has 17 heavy (non-hydrogen) atoms. The second-order valence-corrected chi connectivity index (χ2v) is 3.51. The summed E-state index contributed by atoms with van der Waals surface area (Å²) in [5, 5.41) is 9.01. The van der Waals surface area contributed by atoms with Crippen molar-refractivity contribution >= 4 is 11.7 Å². The first-order valence-electron chi connectivity index (χ1n) is 5.37. The minimum absolute atomic E-state index is 0.305. The third-order valence-electron chi connectivity index (χ3n) is 2.54. The van der Waals surface area contributed by atoms with E-state index in [1.165, 1.54) is 0 Å². The second kappa shape index (κ2) is 5.55. The standard InChI is InChI=1S/C10H15N5O2/c1-11-9(14-16)8-10(13-3-2-12-8)15-4-6-17-7-5-15/h2-3,16H,4-7H2,1H3,(H,11,14). The molecular weight excluding hydrogens is 222 g/mol. The highest BCUT2D eigenvalue weighted by Crippen LogP contribution is 2.16. The van der Waals surface area contributed by atoms with Crippen LogP contribution in [0.2, 0.25) is 0 Å². The minimum atomic E-state index is 0.305. The van der Waals surface area contributed by atoms with E-state index < -0.39 is 0 Å². The molecule has 7 heteroatoms. The molecule has 2 N–H and O–H groups in total. The van der Waals surface area contributed by atoms with Crippen LogP contribution in [0, 0.1) is 0 Å². The third kappa shape index (κ3) is 2.51. The van der Waals surface area contributed by atoms with Gasteiger partial charge in [0.25, 0.3) is 0 Å². The molecule has 0 aliphatic carbocycles. The molecule has 1 aliphatic heterocycles. The Morgan fingerprint density at radius 1 is 1.41 bits per heavy atom. The van der Waals surface area contributed by atoms with Gasteiger partial charge in [0.2, 0.25) is 0 Å². The fraction of sp³-hybridized carbons (Fsp3) is 0.500. The van der Waals surface area contributed by atoms with Gasteiger partial charge in [-0.15, -0.1) is 0 Å². The van der Waals surface area contributed by atoms with Gasteiger partial charge in [-0.1, -0.05) is 0 Å². The van der Waals surface area contributed by atoms with Crippen molar-refractivity contribution in [2.75, 3.05) is 38.3 Å². The van der Waals surface area contributed by atoms with Crippen molar-refractivity contribution in [2.45, 2.75) is 0 Å². The average Bonchev–Trinajstić information content (AvgIpc) is 2.42. The lowest BCUT2D eigenvalue weighted by Crippen LogP contribution is -2.38. The van der Waals surface area contributed by atoms with Crippen molar-refractivity contribution in [1.82, 2.24) is 15.4 Å². The first-order chi connectivity index (χ1) is 8.36. The monoisotopic (exact) mass is 237 g/mol. The highest BCUT2D eigenvalue weighted by atomic mass is 16.5. The molecule has 0 bridgehead atoms. The van der Waals surface area contributed by atoms with Crippen LogP contribution in [0.1, 0.15) is 5.69 Å². The van der Waals surface area contributed by atoms with Crippen LogP contribution >= 0.6 is 0 Å². The summed E-state index contributed by atoms with van der Waals surface area (Å²) >= 11 is 0. The Hall–Kier alpha value is -1.73. The lowest BCUT2D eigenvalue weighted by Gasteiger charge is -2.28. The highest BCUT2D eigenvalue weighted by molar-refractivity contribution is 6.00. The molecule has 1 aromatic rings. The number of nitrogens with zero attached hydrogens (tertiary/aromatic N) is 4. The zero-order valence-corrected chi connectivity index (χ0v) is 9.63. The topological polar surface area (TPSA) is 82.9 Å². The van der Waals surface area contributed by atoms with Crippen LogP contribution in [-0.4, -0.2) is 54.4 Å². The van der Waals surface area contributed by atoms with Crippen LogP contribution in [0.3, 0.4) is 0 Å². The van der Waals surface area contributed by atoms with Crippen LogP contribution in [0.25, 0.3) is 0 Å². The summed E-state index contributed by atoms with van der Waals surface area (Å²) in [6, 6.07) is 0. The van der Waals surface area contributed by atoms with E-state index >= 15 is 0 Å². The largest absolute Gasteiger partial charge is 0.378 e. The second-order valence-electron chi connectivity index (χ2n) is 3.51. The molecule has 1 aromatic heterocycles. The number of anilines is 1. The van der Waals surface area contributed by atoms with Gasteiger partial charge in [-0.3, -0.25) is 15.7 Å². The predicted molar refractivity (Wildman–Crippen MR) is 62.4 cm³/mol. The molecule has 2 rings (SSSR count). The Morgan fingerprint density at radius 3 is 2.76 bits per heavy atom. The molecule has 7 nitrogen and oxygen atoms in total. The fourth-order valence-corrected chi connectivity index (χ4v) is 1.71. The van der Waals surface area contributed by atoms with Gasteiger partial charge in [0, 0.05) is 32.5 Å². The van der Waals surface area contributed by atoms with E-state index in [2.05, 4.69) is 19.9 Å². The number of morpholine rings is 1. The third-order valence-corrected chi connectivity index (χ3v) is 2.54. The predicted octanol–water partition coefficient (Wildman–Crippen LogP) is -0.332. The minimum Gasteiger partial charge on any atom is -0.378 e. The van der Waals surface area contributed by atoms with Crippen LogP contribution in [0.5, 0.6) is 0 Å². The van der Waals surface area contributed by atoms with Gasteiger partial charge in [0.05, 0.1) is 13.2 Å². The maximum absolute atomic E-state index is 9.01. The number of amidine groups is 1. The van der Waals surface area contributed by atoms with Crippen molar-refractivity contribution in [1.29, 1.82) is 0 Å². The fourth-order valence-electron chi connectivity index (χ4n) is 1.71. The van der Waals surface area contributed by atoms with Crippen LogP contribution in [0.15, 0.2) is 17.4 Å². The van der Waals surface area contributed by atoms with Crippen molar-refractivity contribution in [3.63, 3.8) is 0 Å². The van der Waals surface area contributed by atoms with E-state index in [9.17, 15) is 0 Å². The Bertz CT molecular complexity index is 403. The Balaban J connectivity index is 2.32. The number of hydroxylamine groups is 1. The summed E-state index contributed by atoms with van der Waals surface area (Å²) in [5.41, 5.74) is 2.58. The van der Waals surface area contributed by atoms with Crippen molar-refractivity contribution in [3.05, 3.63) is 18.1 Å². The average molecular weight is 237 g/mol. The molecule has 0 spiro atoms. The van der Waals surface area contributed by atoms with Gasteiger partial charge in [-0.25, -0.2) is 9.97 Å². The maximum atomic E-state index is 9.01. The van der Waals surface area contributed by atoms with Crippen molar-refractivity contribution in [3.8, 4) is 0 Å². The number of aliphatic imine (C=N–C) groups is 1. The lowest BCUT2D eigenvalue weighted by molar-refractivity contribution is 0.122. The number of hydrogen-bond donors (Lipinski definition) is 2. The summed E-state index contributed by atoms with van der Waals surface area (Å²) in [5.74, 6) is 1.01. The van der Waals surface area contributed by atoms with Gasteiger partial charge < -0.3 is 9.64 Å². The van der Waals surface area contributed by atoms with E-state index in [-0.39, 0.29) is 0 Å². The van der Waals surface area contributed by atoms with Gasteiger partial charge in [0.15, 0.2) is 11.7 Å². The number of hydrogen-bond acceptors (Lipinski definition) is 6. The zero-order valence-electron chi connectivity index (χ0n) is 9.63. The quantitative estimate of drug-likeness (QED) is 0.416. The SMILES string of the molecule is CN=C(NO)c1nccnc1N1CCOCC1. The van der Waals surface area contributed by atoms with Crippen LogP contribution in [-0.2, 0) is 4.74 Å². The smallest absolute Gasteiger partial charge is 0.174 e. The summed E-state index contributed by atoms with van der Waals surface area (Å²) in [4.78, 5) is 14.5. The van der Waals surface area contributed by atoms with Gasteiger partial charge in [0.1, 0.15) is 5.69 Å². The van der Waals surface area contributed by atoms with E-state index in [1.54, 1.807) is 19.4 Å². The molecule has 1 fully saturated rings. The van der Waals surface area contributed by atoms with Gasteiger partial charge in [-0.05, 0) is 0 Å². The number of aromatic nitrogens is 2. The molecule has 0 saturated carbocycles. The van der Waals surface area contributed by atoms with E-state index in [4.69, 9.17) is 9.94 Å². The van der Waals surface area contributed by atoms with Gasteiger partial charge in [-0.2, -0.15) is 0 Å². The first kappa shape index (κ1) is 11.7. The Labute approximate surface area is 99.1 Å². The number of rotatable bonds is 2. The summed E-state index contributed by atoms with van der Waals surface area (Å²) in [6.07, 6.45) is 3.20. The molecule has 0 amide bonds. The molecular formula is C10H15N5O2. The Kier molecular flexibility index (Phi) is 3.84. The van der Waals surface area contributed by atoms with Crippen LogP contribution < -0.4 is 10.4 Å². The van der Waals surface area contributed by atoms with Crippen LogP contribution in [0.4, 0.5) is 5.82 Å². The lowest BCUT2D eigenvalue weighted by atomic mass is 10.3. The molecule has 1 aliphatic rings. The van der Waals surface area contributed by atoms with E-state index in [1.807, 2.05) is 5.48 Å². The van der Waals surface area contributed by atoms with E-state index in [0.717, 1.165) is 13.1 Å². The van der Waals surface area contributed by atoms with E-state index in [0.29, 0.717) is 30.6 Å². The molecule has 0 radical (unpaired) electrons. The normalized spacial score (nSPS) is 17.1. The van der Waals surface area contributed by atoms with Crippen molar-refractivity contribution < 1.29 is 9.94 Å². The molecule has 2 heterocycles. The molecule has 0 atom stereocenters. The molecule has 0 unspecified atom stereocenters. The molecule has 92 valence electrons. The number of ether oxygens (including phenoxy) is 1. The summed E-state index contributed by atoms with van der Waals surface area (Å²) < 4.78 is 5.29. The Morgan fingerprint density at radius 2 is 2.12 bits per heavy atom. The molecule has 0 aromatic carbocycles. The first-order valence-corrected chi connectivity index (χ1v) is 5.37. The maximum Gasteiger partial charge on any atom is 0.174 e. The van der Waals surface area contributed by atoms with Crippen molar-refractivity contribution in [2.24, 2.45) is 4.99 Å². The number of nitrogens with one attached hydrogen (secondary N) is 1. The van der Waals surface area contributed by atoms with Gasteiger partial charge >= 0.3 is 0 Å². The summed E-state index contributed by atoms with van der Waals surface area (Å²) in [6.45, 7) is 2.85. The summed E-state index contributed by atoms with van der Waals surface area (Å²) in [7, 11) is 1.58. The molecule has 1 saturated heterocycles. The zero-order chi connectivity index (χ0) is 12.1. The highest BCUT2D eigenvalue weighted by Gasteiger charge is 2.19.